The molecule has 0 amide bonds. The van der Waals surface area contributed by atoms with Gasteiger partial charge in [-0.2, -0.15) is 17.0 Å². The van der Waals surface area contributed by atoms with Crippen LogP contribution in [0.25, 0.3) is 0 Å². The number of piperidine rings is 1. The Bertz CT molecular complexity index is 548. The first-order valence-electron chi connectivity index (χ1n) is 7.94. The van der Waals surface area contributed by atoms with E-state index in [0.717, 1.165) is 18.4 Å². The van der Waals surface area contributed by atoms with Crippen molar-refractivity contribution in [1.82, 2.24) is 8.61 Å². The highest BCUT2D eigenvalue weighted by molar-refractivity contribution is 7.86. The highest BCUT2D eigenvalue weighted by Gasteiger charge is 2.32. The van der Waals surface area contributed by atoms with Crippen LogP contribution in [0, 0.1) is 5.92 Å². The van der Waals surface area contributed by atoms with Crippen LogP contribution in [0.2, 0.25) is 0 Å². The van der Waals surface area contributed by atoms with E-state index in [-0.39, 0.29) is 13.2 Å². The second-order valence-electron chi connectivity index (χ2n) is 5.97. The van der Waals surface area contributed by atoms with Gasteiger partial charge in [-0.15, -0.1) is 0 Å². The summed E-state index contributed by atoms with van der Waals surface area (Å²) in [5, 5.41) is 9.22. The molecule has 1 fully saturated rings. The molecule has 1 aliphatic rings. The first kappa shape index (κ1) is 17.4. The van der Waals surface area contributed by atoms with Crippen LogP contribution < -0.4 is 0 Å². The van der Waals surface area contributed by atoms with Crippen LogP contribution in [0.1, 0.15) is 25.3 Å². The van der Waals surface area contributed by atoms with Crippen LogP contribution in [0.15, 0.2) is 30.3 Å². The SMILES string of the molecule is CC1CCCN(S(=O)(=O)N(CCO)CCc2ccccc2)C1. The summed E-state index contributed by atoms with van der Waals surface area (Å²) in [6.07, 6.45) is 2.64. The lowest BCUT2D eigenvalue weighted by molar-refractivity contribution is 0.227. The molecule has 6 heteroatoms. The van der Waals surface area contributed by atoms with Crippen LogP contribution in [0.4, 0.5) is 0 Å². The van der Waals surface area contributed by atoms with Crippen LogP contribution in [-0.2, 0) is 16.6 Å². The van der Waals surface area contributed by atoms with E-state index in [2.05, 4.69) is 6.92 Å². The Kier molecular flexibility index (Phi) is 6.37. The summed E-state index contributed by atoms with van der Waals surface area (Å²) in [6.45, 7) is 3.65. The van der Waals surface area contributed by atoms with E-state index in [1.54, 1.807) is 4.31 Å². The molecule has 124 valence electrons. The normalized spacial score (nSPS) is 20.4. The van der Waals surface area contributed by atoms with E-state index in [0.29, 0.717) is 32.0 Å². The van der Waals surface area contributed by atoms with E-state index in [9.17, 15) is 13.5 Å². The van der Waals surface area contributed by atoms with Gasteiger partial charge in [0.05, 0.1) is 6.61 Å². The van der Waals surface area contributed by atoms with Crippen molar-refractivity contribution < 1.29 is 13.5 Å². The fraction of sp³-hybridized carbons (Fsp3) is 0.625. The molecule has 1 N–H and O–H groups in total. The molecular formula is C16H26N2O3S. The Hall–Kier alpha value is -0.950. The second kappa shape index (κ2) is 8.06. The van der Waals surface area contributed by atoms with E-state index in [1.165, 1.54) is 4.31 Å². The summed E-state index contributed by atoms with van der Waals surface area (Å²) < 4.78 is 28.6. The molecule has 1 unspecified atom stereocenters. The van der Waals surface area contributed by atoms with Gasteiger partial charge in [0.1, 0.15) is 0 Å². The molecule has 1 heterocycles. The number of hydrogen-bond acceptors (Lipinski definition) is 3. The maximum absolute atomic E-state index is 12.8. The molecule has 0 saturated carbocycles. The van der Waals surface area contributed by atoms with Crippen molar-refractivity contribution in [3.8, 4) is 0 Å². The minimum absolute atomic E-state index is 0.153. The fourth-order valence-corrected chi connectivity index (χ4v) is 4.64. The summed E-state index contributed by atoms with van der Waals surface area (Å²) in [6, 6.07) is 9.83. The van der Waals surface area contributed by atoms with Gasteiger partial charge in [0.25, 0.3) is 10.2 Å². The standard InChI is InChI=1S/C16H26N2O3S/c1-15-6-5-10-18(14-15)22(20,21)17(12-13-19)11-9-16-7-3-2-4-8-16/h2-4,7-8,15,19H,5-6,9-14H2,1H3. The van der Waals surface area contributed by atoms with E-state index >= 15 is 0 Å². The van der Waals surface area contributed by atoms with Crippen molar-refractivity contribution in [2.75, 3.05) is 32.8 Å². The van der Waals surface area contributed by atoms with Gasteiger partial charge in [-0.25, -0.2) is 0 Å². The zero-order valence-corrected chi connectivity index (χ0v) is 14.0. The van der Waals surface area contributed by atoms with Crippen LogP contribution in [0.3, 0.4) is 0 Å². The van der Waals surface area contributed by atoms with Gasteiger partial charge in [-0.3, -0.25) is 0 Å². The lowest BCUT2D eigenvalue weighted by atomic mass is 10.0. The molecule has 1 aliphatic heterocycles. The largest absolute Gasteiger partial charge is 0.395 e. The second-order valence-corrected chi connectivity index (χ2v) is 7.90. The number of aliphatic hydroxyl groups excluding tert-OH is 1. The van der Waals surface area contributed by atoms with E-state index in [4.69, 9.17) is 0 Å². The van der Waals surface area contributed by atoms with Gasteiger partial charge in [0.2, 0.25) is 0 Å². The molecule has 0 aliphatic carbocycles. The maximum atomic E-state index is 12.8. The molecule has 0 radical (unpaired) electrons. The third-order valence-corrected chi connectivity index (χ3v) is 6.12. The average Bonchev–Trinajstić information content (AvgIpc) is 2.52. The minimum Gasteiger partial charge on any atom is -0.395 e. The zero-order valence-electron chi connectivity index (χ0n) is 13.2. The van der Waals surface area contributed by atoms with Crippen molar-refractivity contribution in [2.45, 2.75) is 26.2 Å². The molecule has 0 bridgehead atoms. The molecule has 1 aromatic rings. The van der Waals surface area contributed by atoms with Gasteiger partial charge in [-0.05, 0) is 30.7 Å². The summed E-state index contributed by atoms with van der Waals surface area (Å²) in [4.78, 5) is 0. The topological polar surface area (TPSA) is 60.9 Å². The Balaban J connectivity index is 2.05. The molecule has 0 aromatic heterocycles. The van der Waals surface area contributed by atoms with Crippen molar-refractivity contribution in [2.24, 2.45) is 5.92 Å². The molecule has 1 saturated heterocycles. The molecule has 5 nitrogen and oxygen atoms in total. The number of benzene rings is 1. The molecule has 2 rings (SSSR count). The van der Waals surface area contributed by atoms with Crippen molar-refractivity contribution >= 4 is 10.2 Å². The first-order valence-corrected chi connectivity index (χ1v) is 9.33. The monoisotopic (exact) mass is 326 g/mol. The molecule has 1 aromatic carbocycles. The maximum Gasteiger partial charge on any atom is 0.282 e. The van der Waals surface area contributed by atoms with Gasteiger partial charge < -0.3 is 5.11 Å². The number of aliphatic hydroxyl groups is 1. The van der Waals surface area contributed by atoms with Crippen molar-refractivity contribution in [1.29, 1.82) is 0 Å². The van der Waals surface area contributed by atoms with Crippen LogP contribution >= 0.6 is 0 Å². The smallest absolute Gasteiger partial charge is 0.282 e. The Labute approximate surface area is 133 Å². The van der Waals surface area contributed by atoms with Gasteiger partial charge in [0, 0.05) is 26.2 Å². The Morgan fingerprint density at radius 3 is 2.64 bits per heavy atom. The van der Waals surface area contributed by atoms with Gasteiger partial charge in [0.15, 0.2) is 0 Å². The van der Waals surface area contributed by atoms with Gasteiger partial charge in [-0.1, -0.05) is 37.3 Å². The number of nitrogens with zero attached hydrogens (tertiary/aromatic N) is 2. The first-order chi connectivity index (χ1) is 10.5. The van der Waals surface area contributed by atoms with Gasteiger partial charge >= 0.3 is 0 Å². The minimum atomic E-state index is -3.48. The average molecular weight is 326 g/mol. The number of hydrogen-bond donors (Lipinski definition) is 1. The van der Waals surface area contributed by atoms with E-state index < -0.39 is 10.2 Å². The quantitative estimate of drug-likeness (QED) is 0.826. The summed E-state index contributed by atoms with van der Waals surface area (Å²) in [5.74, 6) is 0.397. The van der Waals surface area contributed by atoms with Crippen LogP contribution in [0.5, 0.6) is 0 Å². The number of rotatable bonds is 7. The summed E-state index contributed by atoms with van der Waals surface area (Å²) in [5.41, 5.74) is 1.10. The van der Waals surface area contributed by atoms with E-state index in [1.807, 2.05) is 30.3 Å². The molecule has 1 atom stereocenters. The summed E-state index contributed by atoms with van der Waals surface area (Å²) in [7, 11) is -3.48. The third kappa shape index (κ3) is 4.52. The summed E-state index contributed by atoms with van der Waals surface area (Å²) >= 11 is 0. The Morgan fingerprint density at radius 1 is 1.27 bits per heavy atom. The Morgan fingerprint density at radius 2 is 2.00 bits per heavy atom. The van der Waals surface area contributed by atoms with Crippen molar-refractivity contribution in [3.05, 3.63) is 35.9 Å². The lowest BCUT2D eigenvalue weighted by Crippen LogP contribution is -2.49. The lowest BCUT2D eigenvalue weighted by Gasteiger charge is -2.34. The fourth-order valence-electron chi connectivity index (χ4n) is 2.87. The van der Waals surface area contributed by atoms with Crippen molar-refractivity contribution in [3.63, 3.8) is 0 Å². The molecule has 22 heavy (non-hydrogen) atoms. The third-order valence-electron chi connectivity index (χ3n) is 4.11. The zero-order chi connectivity index (χ0) is 16.0. The van der Waals surface area contributed by atoms with Crippen LogP contribution in [-0.4, -0.2) is 54.9 Å². The highest BCUT2D eigenvalue weighted by atomic mass is 32.2. The highest BCUT2D eigenvalue weighted by Crippen LogP contribution is 2.20. The predicted octanol–water partition coefficient (Wildman–Crippen LogP) is 1.50. The molecular weight excluding hydrogens is 300 g/mol. The predicted molar refractivity (Wildman–Crippen MR) is 87.7 cm³/mol. The molecule has 0 spiro atoms.